The zero-order valence-corrected chi connectivity index (χ0v) is 13.3. The Morgan fingerprint density at radius 3 is 2.76 bits per heavy atom. The van der Waals surface area contributed by atoms with Crippen molar-refractivity contribution in [2.24, 2.45) is 0 Å². The number of nitriles is 1. The minimum Gasteiger partial charge on any atom is -0.397 e. The summed E-state index contributed by atoms with van der Waals surface area (Å²) < 4.78 is 1.06. The number of carbonyl (C=O) groups is 1. The normalized spacial score (nSPS) is 10.8. The fourth-order valence-electron chi connectivity index (χ4n) is 2.33. The maximum atomic E-state index is 12.7. The van der Waals surface area contributed by atoms with E-state index in [-0.39, 0.29) is 11.9 Å². The second-order valence-corrected chi connectivity index (χ2v) is 6.32. The van der Waals surface area contributed by atoms with Gasteiger partial charge in [0.15, 0.2) is 0 Å². The number of thiophene rings is 1. The van der Waals surface area contributed by atoms with Crippen molar-refractivity contribution in [3.8, 4) is 6.07 Å². The Balaban J connectivity index is 2.45. The van der Waals surface area contributed by atoms with Crippen LogP contribution in [0.1, 0.15) is 35.5 Å². The van der Waals surface area contributed by atoms with Crippen LogP contribution in [0.4, 0.5) is 5.69 Å². The zero-order valence-electron chi connectivity index (χ0n) is 12.5. The fourth-order valence-corrected chi connectivity index (χ4v) is 3.48. The van der Waals surface area contributed by atoms with Crippen LogP contribution in [0.15, 0.2) is 18.2 Å². The van der Waals surface area contributed by atoms with Gasteiger partial charge in [-0.25, -0.2) is 0 Å². The number of hydrogen-bond acceptors (Lipinski definition) is 4. The van der Waals surface area contributed by atoms with Gasteiger partial charge in [0.05, 0.1) is 18.2 Å². The summed E-state index contributed by atoms with van der Waals surface area (Å²) in [5, 5.41) is 9.68. The van der Waals surface area contributed by atoms with E-state index in [2.05, 4.69) is 6.07 Å². The summed E-state index contributed by atoms with van der Waals surface area (Å²) >= 11 is 1.44. The van der Waals surface area contributed by atoms with E-state index in [1.54, 1.807) is 4.90 Å². The molecule has 2 N–H and O–H groups in total. The van der Waals surface area contributed by atoms with E-state index in [0.29, 0.717) is 23.5 Å². The Morgan fingerprint density at radius 1 is 1.48 bits per heavy atom. The van der Waals surface area contributed by atoms with Gasteiger partial charge in [-0.2, -0.15) is 5.26 Å². The van der Waals surface area contributed by atoms with Crippen LogP contribution >= 0.6 is 11.3 Å². The summed E-state index contributed by atoms with van der Waals surface area (Å²) in [6.45, 7) is 6.34. The van der Waals surface area contributed by atoms with Gasteiger partial charge in [-0.05, 0) is 26.3 Å². The first-order valence-corrected chi connectivity index (χ1v) is 7.74. The van der Waals surface area contributed by atoms with E-state index < -0.39 is 0 Å². The van der Waals surface area contributed by atoms with Gasteiger partial charge in [0, 0.05) is 22.7 Å². The average molecular weight is 301 g/mol. The molecule has 0 radical (unpaired) electrons. The van der Waals surface area contributed by atoms with Crippen LogP contribution in [-0.4, -0.2) is 23.4 Å². The maximum Gasteiger partial charge on any atom is 0.266 e. The quantitative estimate of drug-likeness (QED) is 0.938. The van der Waals surface area contributed by atoms with Gasteiger partial charge in [-0.1, -0.05) is 18.2 Å². The number of rotatable bonds is 4. The summed E-state index contributed by atoms with van der Waals surface area (Å²) in [4.78, 5) is 15.0. The van der Waals surface area contributed by atoms with Gasteiger partial charge >= 0.3 is 0 Å². The molecule has 0 aliphatic heterocycles. The van der Waals surface area contributed by atoms with Gasteiger partial charge in [-0.3, -0.25) is 4.79 Å². The van der Waals surface area contributed by atoms with E-state index in [0.717, 1.165) is 15.6 Å². The first-order valence-electron chi connectivity index (χ1n) is 6.92. The number of carbonyl (C=O) groups excluding carboxylic acids is 1. The molecule has 5 heteroatoms. The monoisotopic (exact) mass is 301 g/mol. The summed E-state index contributed by atoms with van der Waals surface area (Å²) in [6, 6.07) is 8.04. The Bertz CT molecular complexity index is 712. The number of amides is 1. The van der Waals surface area contributed by atoms with E-state index in [1.807, 2.05) is 39.0 Å². The van der Waals surface area contributed by atoms with Gasteiger partial charge in [-0.15, -0.1) is 11.3 Å². The van der Waals surface area contributed by atoms with Crippen LogP contribution in [0.3, 0.4) is 0 Å². The number of nitrogens with zero attached hydrogens (tertiary/aromatic N) is 2. The lowest BCUT2D eigenvalue weighted by Crippen LogP contribution is -2.37. The average Bonchev–Trinajstić information content (AvgIpc) is 2.78. The minimum atomic E-state index is -0.0849. The molecule has 2 aromatic rings. The highest BCUT2D eigenvalue weighted by Crippen LogP contribution is 2.36. The van der Waals surface area contributed by atoms with Crippen LogP contribution in [0, 0.1) is 18.3 Å². The third-order valence-electron chi connectivity index (χ3n) is 3.49. The Morgan fingerprint density at radius 2 is 2.19 bits per heavy atom. The van der Waals surface area contributed by atoms with Crippen molar-refractivity contribution in [3.05, 3.63) is 28.6 Å². The standard InChI is InChI=1S/C16H19N3OS/c1-10(2)19(9-5-8-17)16(20)15-13(18)12-7-4-6-11(3)14(12)21-15/h4,6-7,10H,5,9,18H2,1-3H3. The molecule has 0 saturated carbocycles. The Hall–Kier alpha value is -2.06. The molecule has 4 nitrogen and oxygen atoms in total. The molecule has 110 valence electrons. The number of benzene rings is 1. The number of hydrogen-bond donors (Lipinski definition) is 1. The molecule has 1 aromatic heterocycles. The highest BCUT2D eigenvalue weighted by Gasteiger charge is 2.24. The predicted molar refractivity (Wildman–Crippen MR) is 87.4 cm³/mol. The number of anilines is 1. The molecular weight excluding hydrogens is 282 g/mol. The van der Waals surface area contributed by atoms with E-state index in [9.17, 15) is 4.79 Å². The molecule has 0 unspecified atom stereocenters. The molecule has 1 heterocycles. The molecule has 0 bridgehead atoms. The van der Waals surface area contributed by atoms with Crippen LogP contribution in [0.5, 0.6) is 0 Å². The molecule has 1 amide bonds. The molecule has 0 atom stereocenters. The summed E-state index contributed by atoms with van der Waals surface area (Å²) in [5.74, 6) is -0.0849. The molecule has 2 rings (SSSR count). The minimum absolute atomic E-state index is 0.0385. The third-order valence-corrected chi connectivity index (χ3v) is 4.84. The van der Waals surface area contributed by atoms with Crippen molar-refractivity contribution in [3.63, 3.8) is 0 Å². The van der Waals surface area contributed by atoms with E-state index in [1.165, 1.54) is 11.3 Å². The predicted octanol–water partition coefficient (Wildman–Crippen LogP) is 3.56. The molecule has 0 aliphatic carbocycles. The Kier molecular flexibility index (Phi) is 4.49. The summed E-state index contributed by atoms with van der Waals surface area (Å²) in [5.41, 5.74) is 7.84. The topological polar surface area (TPSA) is 70.1 Å². The smallest absolute Gasteiger partial charge is 0.266 e. The van der Waals surface area contributed by atoms with Crippen LogP contribution in [0.25, 0.3) is 10.1 Å². The number of nitrogens with two attached hydrogens (primary N) is 1. The Labute approximate surface area is 128 Å². The van der Waals surface area contributed by atoms with Crippen molar-refractivity contribution in [1.82, 2.24) is 4.90 Å². The molecular formula is C16H19N3OS. The van der Waals surface area contributed by atoms with Gasteiger partial charge in [0.2, 0.25) is 0 Å². The van der Waals surface area contributed by atoms with Crippen molar-refractivity contribution in [2.45, 2.75) is 33.2 Å². The number of aryl methyl sites for hydroxylation is 1. The van der Waals surface area contributed by atoms with Crippen molar-refractivity contribution < 1.29 is 4.79 Å². The maximum absolute atomic E-state index is 12.7. The van der Waals surface area contributed by atoms with E-state index in [4.69, 9.17) is 11.0 Å². The molecule has 0 saturated heterocycles. The van der Waals surface area contributed by atoms with Crippen molar-refractivity contribution in [1.29, 1.82) is 5.26 Å². The molecule has 1 aromatic carbocycles. The van der Waals surface area contributed by atoms with Crippen LogP contribution < -0.4 is 5.73 Å². The number of nitrogen functional groups attached to an aromatic ring is 1. The summed E-state index contributed by atoms with van der Waals surface area (Å²) in [6.07, 6.45) is 0.327. The lowest BCUT2D eigenvalue weighted by molar-refractivity contribution is 0.0716. The first-order chi connectivity index (χ1) is 9.97. The molecule has 0 fully saturated rings. The lowest BCUT2D eigenvalue weighted by Gasteiger charge is -2.25. The lowest BCUT2D eigenvalue weighted by atomic mass is 10.1. The zero-order chi connectivity index (χ0) is 15.6. The van der Waals surface area contributed by atoms with E-state index >= 15 is 0 Å². The summed E-state index contributed by atoms with van der Waals surface area (Å²) in [7, 11) is 0. The van der Waals surface area contributed by atoms with Crippen LogP contribution in [-0.2, 0) is 0 Å². The van der Waals surface area contributed by atoms with Crippen LogP contribution in [0.2, 0.25) is 0 Å². The largest absolute Gasteiger partial charge is 0.397 e. The highest BCUT2D eigenvalue weighted by molar-refractivity contribution is 7.21. The second kappa shape index (κ2) is 6.15. The van der Waals surface area contributed by atoms with Crippen molar-refractivity contribution >= 4 is 33.0 Å². The van der Waals surface area contributed by atoms with Crippen molar-refractivity contribution in [2.75, 3.05) is 12.3 Å². The molecule has 21 heavy (non-hydrogen) atoms. The van der Waals surface area contributed by atoms with Gasteiger partial charge < -0.3 is 10.6 Å². The second-order valence-electron chi connectivity index (χ2n) is 5.30. The molecule has 0 spiro atoms. The first kappa shape index (κ1) is 15.3. The molecule has 0 aliphatic rings. The van der Waals surface area contributed by atoms with Gasteiger partial charge in [0.1, 0.15) is 4.88 Å². The van der Waals surface area contributed by atoms with Gasteiger partial charge in [0.25, 0.3) is 5.91 Å². The SMILES string of the molecule is Cc1cccc2c(N)c(C(=O)N(CCC#N)C(C)C)sc12. The highest BCUT2D eigenvalue weighted by atomic mass is 32.1. The number of fused-ring (bicyclic) bond motifs is 1. The fraction of sp³-hybridized carbons (Fsp3) is 0.375. The third kappa shape index (κ3) is 2.86.